The zero-order valence-electron chi connectivity index (χ0n) is 13.5. The van der Waals surface area contributed by atoms with Gasteiger partial charge < -0.3 is 14.5 Å². The first-order chi connectivity index (χ1) is 11.2. The lowest BCUT2D eigenvalue weighted by atomic mass is 10.1. The number of aromatic nitrogens is 1. The molecule has 1 fully saturated rings. The summed E-state index contributed by atoms with van der Waals surface area (Å²) in [4.78, 5) is 22.3. The van der Waals surface area contributed by atoms with E-state index in [4.69, 9.17) is 4.74 Å². The Morgan fingerprint density at radius 2 is 2.09 bits per heavy atom. The lowest BCUT2D eigenvalue weighted by Crippen LogP contribution is -2.49. The second-order valence-electron chi connectivity index (χ2n) is 5.65. The highest BCUT2D eigenvalue weighted by atomic mass is 32.1. The number of benzene rings is 1. The van der Waals surface area contributed by atoms with E-state index in [2.05, 4.69) is 16.8 Å². The topological polar surface area (TPSA) is 45.7 Å². The van der Waals surface area contributed by atoms with Crippen LogP contribution in [0.4, 0.5) is 5.13 Å². The third-order valence-electron chi connectivity index (χ3n) is 4.00. The van der Waals surface area contributed by atoms with Crippen molar-refractivity contribution >= 4 is 22.4 Å². The summed E-state index contributed by atoms with van der Waals surface area (Å²) >= 11 is 1.71. The van der Waals surface area contributed by atoms with E-state index >= 15 is 0 Å². The lowest BCUT2D eigenvalue weighted by molar-refractivity contribution is -0.130. The molecule has 0 atom stereocenters. The monoisotopic (exact) mass is 331 g/mol. The Bertz CT molecular complexity index is 678. The van der Waals surface area contributed by atoms with Crippen LogP contribution in [0.3, 0.4) is 0 Å². The number of hydrogen-bond acceptors (Lipinski definition) is 5. The van der Waals surface area contributed by atoms with Gasteiger partial charge in [0.05, 0.1) is 13.5 Å². The Morgan fingerprint density at radius 3 is 2.74 bits per heavy atom. The maximum Gasteiger partial charge on any atom is 0.227 e. The molecule has 1 aliphatic rings. The number of hydrogen-bond donors (Lipinski definition) is 0. The van der Waals surface area contributed by atoms with Crippen molar-refractivity contribution in [3.8, 4) is 5.75 Å². The van der Waals surface area contributed by atoms with Crippen molar-refractivity contribution in [1.29, 1.82) is 0 Å². The van der Waals surface area contributed by atoms with Gasteiger partial charge in [0.25, 0.3) is 0 Å². The number of amides is 1. The van der Waals surface area contributed by atoms with Gasteiger partial charge in [-0.25, -0.2) is 4.98 Å². The van der Waals surface area contributed by atoms with E-state index < -0.39 is 0 Å². The molecule has 23 heavy (non-hydrogen) atoms. The summed E-state index contributed by atoms with van der Waals surface area (Å²) in [6, 6.07) is 7.70. The second-order valence-corrected chi connectivity index (χ2v) is 6.86. The van der Waals surface area contributed by atoms with Crippen LogP contribution in [0.2, 0.25) is 0 Å². The SMILES string of the molecule is COc1cccc(CC(=O)N2CCN(c3ncc(C)s3)CC2)c1. The van der Waals surface area contributed by atoms with E-state index in [0.717, 1.165) is 42.6 Å². The van der Waals surface area contributed by atoms with Crippen LogP contribution in [0.25, 0.3) is 0 Å². The fraction of sp³-hybridized carbons (Fsp3) is 0.412. The molecule has 0 saturated carbocycles. The Hall–Kier alpha value is -2.08. The molecule has 0 radical (unpaired) electrons. The van der Waals surface area contributed by atoms with E-state index in [0.29, 0.717) is 6.42 Å². The van der Waals surface area contributed by atoms with Gasteiger partial charge >= 0.3 is 0 Å². The lowest BCUT2D eigenvalue weighted by Gasteiger charge is -2.34. The zero-order chi connectivity index (χ0) is 16.2. The third kappa shape index (κ3) is 3.82. The summed E-state index contributed by atoms with van der Waals surface area (Å²) in [5, 5.41) is 1.06. The smallest absolute Gasteiger partial charge is 0.227 e. The van der Waals surface area contributed by atoms with Crippen molar-refractivity contribution in [3.05, 3.63) is 40.9 Å². The molecule has 1 aromatic carbocycles. The number of anilines is 1. The molecular formula is C17H21N3O2S. The predicted molar refractivity (Wildman–Crippen MR) is 92.3 cm³/mol. The Balaban J connectivity index is 1.55. The summed E-state index contributed by atoms with van der Waals surface area (Å²) in [5.41, 5.74) is 0.993. The molecule has 2 heterocycles. The molecule has 0 spiro atoms. The number of rotatable bonds is 4. The van der Waals surface area contributed by atoms with Gasteiger partial charge in [0, 0.05) is 37.3 Å². The summed E-state index contributed by atoms with van der Waals surface area (Å²) < 4.78 is 5.21. The van der Waals surface area contributed by atoms with Gasteiger partial charge in [0.2, 0.25) is 5.91 Å². The highest BCUT2D eigenvalue weighted by Gasteiger charge is 2.22. The fourth-order valence-corrected chi connectivity index (χ4v) is 3.52. The first-order valence-corrected chi connectivity index (χ1v) is 8.55. The summed E-state index contributed by atoms with van der Waals surface area (Å²) in [6.07, 6.45) is 2.33. The number of ether oxygens (including phenoxy) is 1. The van der Waals surface area contributed by atoms with Crippen LogP contribution in [0.1, 0.15) is 10.4 Å². The normalized spacial score (nSPS) is 14.9. The Morgan fingerprint density at radius 1 is 1.30 bits per heavy atom. The standard InChI is InChI=1S/C17H21N3O2S/c1-13-12-18-17(23-13)20-8-6-19(7-9-20)16(21)11-14-4-3-5-15(10-14)22-2/h3-5,10,12H,6-9,11H2,1-2H3. The molecule has 6 heteroatoms. The number of carbonyl (C=O) groups is 1. The summed E-state index contributed by atoms with van der Waals surface area (Å²) in [7, 11) is 1.64. The quantitative estimate of drug-likeness (QED) is 0.863. The van der Waals surface area contributed by atoms with E-state index in [1.807, 2.05) is 35.4 Å². The van der Waals surface area contributed by atoms with Crippen LogP contribution < -0.4 is 9.64 Å². The molecule has 1 aromatic heterocycles. The van der Waals surface area contributed by atoms with Gasteiger partial charge in [-0.1, -0.05) is 12.1 Å². The predicted octanol–water partition coefficient (Wildman–Crippen LogP) is 2.35. The molecule has 0 bridgehead atoms. The minimum Gasteiger partial charge on any atom is -0.497 e. The van der Waals surface area contributed by atoms with Crippen molar-refractivity contribution in [3.63, 3.8) is 0 Å². The van der Waals surface area contributed by atoms with Gasteiger partial charge in [-0.05, 0) is 24.6 Å². The molecule has 1 aliphatic heterocycles. The van der Waals surface area contributed by atoms with Crippen LogP contribution in [0, 0.1) is 6.92 Å². The summed E-state index contributed by atoms with van der Waals surface area (Å²) in [5.74, 6) is 0.965. The first-order valence-electron chi connectivity index (χ1n) is 7.74. The van der Waals surface area contributed by atoms with Gasteiger partial charge in [0.15, 0.2) is 5.13 Å². The number of carbonyl (C=O) groups excluding carboxylic acids is 1. The van der Waals surface area contributed by atoms with Crippen LogP contribution in [0.5, 0.6) is 5.75 Å². The average Bonchev–Trinajstić information content (AvgIpc) is 3.01. The van der Waals surface area contributed by atoms with E-state index in [1.165, 1.54) is 4.88 Å². The molecule has 0 unspecified atom stereocenters. The van der Waals surface area contributed by atoms with E-state index in [1.54, 1.807) is 18.4 Å². The molecule has 1 saturated heterocycles. The maximum atomic E-state index is 12.5. The van der Waals surface area contributed by atoms with Crippen LogP contribution >= 0.6 is 11.3 Å². The molecule has 5 nitrogen and oxygen atoms in total. The summed E-state index contributed by atoms with van der Waals surface area (Å²) in [6.45, 7) is 5.26. The molecule has 0 aliphatic carbocycles. The number of thiazole rings is 1. The van der Waals surface area contributed by atoms with Crippen LogP contribution in [-0.2, 0) is 11.2 Å². The number of methoxy groups -OCH3 is 1. The molecule has 3 rings (SSSR count). The number of aryl methyl sites for hydroxylation is 1. The van der Waals surface area contributed by atoms with Crippen LogP contribution in [-0.4, -0.2) is 49.1 Å². The molecular weight excluding hydrogens is 310 g/mol. The van der Waals surface area contributed by atoms with Crippen molar-refractivity contribution in [2.24, 2.45) is 0 Å². The Labute approximate surface area is 140 Å². The molecule has 122 valence electrons. The molecule has 0 N–H and O–H groups in total. The second kappa shape index (κ2) is 7.00. The van der Waals surface area contributed by atoms with Crippen molar-refractivity contribution in [2.75, 3.05) is 38.2 Å². The average molecular weight is 331 g/mol. The minimum absolute atomic E-state index is 0.174. The highest BCUT2D eigenvalue weighted by molar-refractivity contribution is 7.15. The highest BCUT2D eigenvalue weighted by Crippen LogP contribution is 2.23. The zero-order valence-corrected chi connectivity index (χ0v) is 14.3. The van der Waals surface area contributed by atoms with Crippen LogP contribution in [0.15, 0.2) is 30.5 Å². The molecule has 2 aromatic rings. The van der Waals surface area contributed by atoms with Gasteiger partial charge in [0.1, 0.15) is 5.75 Å². The first kappa shape index (κ1) is 15.8. The minimum atomic E-state index is 0.174. The van der Waals surface area contributed by atoms with E-state index in [9.17, 15) is 4.79 Å². The largest absolute Gasteiger partial charge is 0.497 e. The van der Waals surface area contributed by atoms with Crippen molar-refractivity contribution in [2.45, 2.75) is 13.3 Å². The van der Waals surface area contributed by atoms with Gasteiger partial charge in [-0.15, -0.1) is 11.3 Å². The number of piperazine rings is 1. The third-order valence-corrected chi connectivity index (χ3v) is 4.98. The maximum absolute atomic E-state index is 12.5. The number of nitrogens with zero attached hydrogens (tertiary/aromatic N) is 3. The molecule has 1 amide bonds. The van der Waals surface area contributed by atoms with Gasteiger partial charge in [-0.3, -0.25) is 4.79 Å². The van der Waals surface area contributed by atoms with Crippen molar-refractivity contribution in [1.82, 2.24) is 9.88 Å². The van der Waals surface area contributed by atoms with E-state index in [-0.39, 0.29) is 5.91 Å². The van der Waals surface area contributed by atoms with Crippen molar-refractivity contribution < 1.29 is 9.53 Å². The Kier molecular flexibility index (Phi) is 4.81. The fourth-order valence-electron chi connectivity index (χ4n) is 2.71. The van der Waals surface area contributed by atoms with Gasteiger partial charge in [-0.2, -0.15) is 0 Å².